The number of hydrogen-bond donors (Lipinski definition) is 2. The van der Waals surface area contributed by atoms with Gasteiger partial charge < -0.3 is 15.3 Å². The topological polar surface area (TPSA) is 69.6 Å². The molecule has 19 heavy (non-hydrogen) atoms. The normalized spacial score (nSPS) is 18.4. The van der Waals surface area contributed by atoms with Crippen LogP contribution in [-0.4, -0.2) is 39.7 Å². The van der Waals surface area contributed by atoms with Crippen molar-refractivity contribution in [1.82, 2.24) is 4.90 Å². The zero-order valence-corrected chi connectivity index (χ0v) is 12.6. The maximum Gasteiger partial charge on any atom is 0.327 e. The van der Waals surface area contributed by atoms with Crippen LogP contribution in [0.4, 0.5) is 10.5 Å². The van der Waals surface area contributed by atoms with E-state index in [2.05, 4.69) is 21.2 Å². The minimum Gasteiger partial charge on any atom is -0.480 e. The number of carboxylic acid groups (broad SMARTS) is 1. The zero-order valence-electron chi connectivity index (χ0n) is 10.2. The molecule has 2 N–H and O–H groups in total. The number of hydrogen-bond acceptors (Lipinski definition) is 3. The highest BCUT2D eigenvalue weighted by Crippen LogP contribution is 2.26. The smallest absolute Gasteiger partial charge is 0.327 e. The Labute approximate surface area is 123 Å². The lowest BCUT2D eigenvalue weighted by Gasteiger charge is -2.21. The monoisotopic (exact) mass is 344 g/mol. The number of nitrogens with zero attached hydrogens (tertiary/aromatic N) is 1. The average Bonchev–Trinajstić information content (AvgIpc) is 2.84. The Morgan fingerprint density at radius 3 is 2.95 bits per heavy atom. The lowest BCUT2D eigenvalue weighted by Crippen LogP contribution is -2.44. The van der Waals surface area contributed by atoms with E-state index in [4.69, 9.17) is 5.11 Å². The molecule has 7 heteroatoms. The molecule has 0 unspecified atom stereocenters. The third-order valence-corrected chi connectivity index (χ3v) is 4.81. The van der Waals surface area contributed by atoms with Gasteiger partial charge in [0.2, 0.25) is 0 Å². The fraction of sp³-hybridized carbons (Fsp3) is 0.333. The van der Waals surface area contributed by atoms with Crippen LogP contribution in [0.15, 0.2) is 22.7 Å². The van der Waals surface area contributed by atoms with E-state index >= 15 is 0 Å². The lowest BCUT2D eigenvalue weighted by atomic mass is 10.2. The van der Waals surface area contributed by atoms with E-state index in [1.54, 1.807) is 6.07 Å². The van der Waals surface area contributed by atoms with Crippen LogP contribution in [0.25, 0.3) is 0 Å². The molecule has 1 aliphatic rings. The van der Waals surface area contributed by atoms with Gasteiger partial charge in [-0.1, -0.05) is 22.0 Å². The quantitative estimate of drug-likeness (QED) is 0.865. The molecule has 0 bridgehead atoms. The van der Waals surface area contributed by atoms with Crippen LogP contribution < -0.4 is 5.32 Å². The number of nitrogens with one attached hydrogen (secondary N) is 1. The molecule has 0 radical (unpaired) electrons. The number of carbonyl (C=O) groups is 2. The number of carboxylic acids is 1. The highest BCUT2D eigenvalue weighted by molar-refractivity contribution is 9.10. The number of carbonyl (C=O) groups excluding carboxylic acids is 1. The predicted molar refractivity (Wildman–Crippen MR) is 78.5 cm³/mol. The third-order valence-electron chi connectivity index (χ3n) is 2.94. The molecule has 102 valence electrons. The summed E-state index contributed by atoms with van der Waals surface area (Å²) in [6.45, 7) is 1.88. The van der Waals surface area contributed by atoms with Gasteiger partial charge in [0, 0.05) is 15.9 Å². The van der Waals surface area contributed by atoms with E-state index in [1.807, 2.05) is 19.1 Å². The van der Waals surface area contributed by atoms with Crippen molar-refractivity contribution in [3.8, 4) is 0 Å². The number of anilines is 1. The summed E-state index contributed by atoms with van der Waals surface area (Å²) in [7, 11) is 0. The maximum absolute atomic E-state index is 12.1. The van der Waals surface area contributed by atoms with Crippen molar-refractivity contribution in [2.45, 2.75) is 13.0 Å². The number of benzene rings is 1. The van der Waals surface area contributed by atoms with Crippen molar-refractivity contribution in [1.29, 1.82) is 0 Å². The van der Waals surface area contributed by atoms with E-state index in [9.17, 15) is 9.59 Å². The van der Waals surface area contributed by atoms with Gasteiger partial charge in [-0.25, -0.2) is 9.59 Å². The first-order valence-corrected chi connectivity index (χ1v) is 7.58. The highest BCUT2D eigenvalue weighted by atomic mass is 79.9. The van der Waals surface area contributed by atoms with Gasteiger partial charge in [0.1, 0.15) is 6.04 Å². The molecule has 2 amide bonds. The summed E-state index contributed by atoms with van der Waals surface area (Å²) in [5.74, 6) is -0.137. The van der Waals surface area contributed by atoms with Gasteiger partial charge in [-0.15, -0.1) is 11.8 Å². The van der Waals surface area contributed by atoms with Crippen molar-refractivity contribution in [3.05, 3.63) is 28.2 Å². The van der Waals surface area contributed by atoms with Crippen molar-refractivity contribution in [2.24, 2.45) is 0 Å². The Morgan fingerprint density at radius 2 is 2.26 bits per heavy atom. The SMILES string of the molecule is Cc1c(Br)cccc1NC(=O)N1CSC[C@H]1C(=O)O. The molecule has 1 aromatic carbocycles. The average molecular weight is 345 g/mol. The number of urea groups is 1. The first-order chi connectivity index (χ1) is 9.00. The number of amides is 2. The van der Waals surface area contributed by atoms with E-state index in [0.717, 1.165) is 10.0 Å². The van der Waals surface area contributed by atoms with Crippen LogP contribution >= 0.6 is 27.7 Å². The molecule has 1 saturated heterocycles. The first kappa shape index (κ1) is 14.2. The van der Waals surface area contributed by atoms with Crippen LogP contribution in [0.3, 0.4) is 0 Å². The molecule has 1 aromatic rings. The van der Waals surface area contributed by atoms with Gasteiger partial charge in [-0.2, -0.15) is 0 Å². The largest absolute Gasteiger partial charge is 0.480 e. The van der Waals surface area contributed by atoms with Gasteiger partial charge >= 0.3 is 12.0 Å². The van der Waals surface area contributed by atoms with Crippen LogP contribution in [0.5, 0.6) is 0 Å². The number of halogens is 1. The summed E-state index contributed by atoms with van der Waals surface area (Å²) < 4.78 is 0.899. The van der Waals surface area contributed by atoms with Gasteiger partial charge in [0.25, 0.3) is 0 Å². The second-order valence-corrected chi connectivity index (χ2v) is 6.02. The highest BCUT2D eigenvalue weighted by Gasteiger charge is 2.34. The number of aliphatic carboxylic acids is 1. The summed E-state index contributed by atoms with van der Waals surface area (Å²) in [4.78, 5) is 24.5. The van der Waals surface area contributed by atoms with Gasteiger partial charge in [-0.3, -0.25) is 0 Å². The number of thioether (sulfide) groups is 1. The van der Waals surface area contributed by atoms with Crippen LogP contribution in [0.2, 0.25) is 0 Å². The molecular formula is C12H13BrN2O3S. The Morgan fingerprint density at radius 1 is 1.53 bits per heavy atom. The summed E-state index contributed by atoms with van der Waals surface area (Å²) in [6, 6.07) is 4.37. The first-order valence-electron chi connectivity index (χ1n) is 5.64. The molecule has 1 atom stereocenters. The Balaban J connectivity index is 2.13. The Hall–Kier alpha value is -1.21. The summed E-state index contributed by atoms with van der Waals surface area (Å²) in [6.07, 6.45) is 0. The molecule has 0 spiro atoms. The van der Waals surface area contributed by atoms with Crippen LogP contribution in [0, 0.1) is 6.92 Å². The van der Waals surface area contributed by atoms with Crippen molar-refractivity contribution in [3.63, 3.8) is 0 Å². The minimum absolute atomic E-state index is 0.376. The van der Waals surface area contributed by atoms with E-state index in [-0.39, 0.29) is 6.03 Å². The molecule has 0 aromatic heterocycles. The fourth-order valence-electron chi connectivity index (χ4n) is 1.78. The molecule has 1 fully saturated rings. The van der Waals surface area contributed by atoms with E-state index in [0.29, 0.717) is 17.3 Å². The van der Waals surface area contributed by atoms with Crippen LogP contribution in [0.1, 0.15) is 5.56 Å². The minimum atomic E-state index is -0.967. The van der Waals surface area contributed by atoms with E-state index < -0.39 is 12.0 Å². The molecule has 1 heterocycles. The lowest BCUT2D eigenvalue weighted by molar-refractivity contribution is -0.140. The second-order valence-electron chi connectivity index (χ2n) is 4.17. The third kappa shape index (κ3) is 3.03. The number of rotatable bonds is 2. The Bertz CT molecular complexity index is 524. The molecule has 1 aliphatic heterocycles. The molecule has 0 aliphatic carbocycles. The van der Waals surface area contributed by atoms with Gasteiger partial charge in [-0.05, 0) is 24.6 Å². The Kier molecular flexibility index (Phi) is 4.36. The summed E-state index contributed by atoms with van der Waals surface area (Å²) in [5, 5.41) is 11.8. The fourth-order valence-corrected chi connectivity index (χ4v) is 3.29. The molecular weight excluding hydrogens is 332 g/mol. The van der Waals surface area contributed by atoms with Crippen molar-refractivity contribution in [2.75, 3.05) is 16.9 Å². The second kappa shape index (κ2) is 5.83. The van der Waals surface area contributed by atoms with Gasteiger partial charge in [0.15, 0.2) is 0 Å². The maximum atomic E-state index is 12.1. The zero-order chi connectivity index (χ0) is 14.0. The van der Waals surface area contributed by atoms with Crippen LogP contribution in [-0.2, 0) is 4.79 Å². The van der Waals surface area contributed by atoms with Crippen molar-refractivity contribution >= 4 is 45.4 Å². The molecule has 0 saturated carbocycles. The molecule has 5 nitrogen and oxygen atoms in total. The van der Waals surface area contributed by atoms with Gasteiger partial charge in [0.05, 0.1) is 5.88 Å². The summed E-state index contributed by atoms with van der Waals surface area (Å²) >= 11 is 4.83. The van der Waals surface area contributed by atoms with Crippen molar-refractivity contribution < 1.29 is 14.7 Å². The summed E-state index contributed by atoms with van der Waals surface area (Å²) in [5.41, 5.74) is 1.59. The predicted octanol–water partition coefficient (Wildman–Crippen LogP) is 2.75. The standard InChI is InChI=1S/C12H13BrN2O3S/c1-7-8(13)3-2-4-9(7)14-12(18)15-6-19-5-10(15)11(16)17/h2-4,10H,5-6H2,1H3,(H,14,18)(H,16,17)/t10-/m0/s1. The van der Waals surface area contributed by atoms with E-state index in [1.165, 1.54) is 16.7 Å². The molecule has 2 rings (SSSR count).